The maximum absolute atomic E-state index is 5.83. The predicted octanol–water partition coefficient (Wildman–Crippen LogP) is 4.57. The van der Waals surface area contributed by atoms with Crippen molar-refractivity contribution in [2.75, 3.05) is 0 Å². The summed E-state index contributed by atoms with van der Waals surface area (Å²) in [6.07, 6.45) is 0. The monoisotopic (exact) mass is 373 g/mol. The Bertz CT molecular complexity index is 1220. The second-order valence-corrected chi connectivity index (χ2v) is 7.54. The van der Waals surface area contributed by atoms with Crippen molar-refractivity contribution in [1.29, 1.82) is 0 Å². The molecule has 3 aromatic heterocycles. The van der Waals surface area contributed by atoms with Gasteiger partial charge >= 0.3 is 0 Å². The van der Waals surface area contributed by atoms with E-state index in [-0.39, 0.29) is 0 Å². The van der Waals surface area contributed by atoms with Gasteiger partial charge in [0.05, 0.1) is 16.9 Å². The fraction of sp³-hybridized carbons (Fsp3) is 0.100. The van der Waals surface area contributed by atoms with Gasteiger partial charge in [0.2, 0.25) is 5.89 Å². The summed E-state index contributed by atoms with van der Waals surface area (Å²) < 4.78 is 7.73. The summed E-state index contributed by atoms with van der Waals surface area (Å²) in [5, 5.41) is 16.8. The van der Waals surface area contributed by atoms with Crippen molar-refractivity contribution in [2.45, 2.75) is 13.5 Å². The molecule has 5 aromatic rings. The summed E-state index contributed by atoms with van der Waals surface area (Å²) in [6.45, 7) is 2.72. The van der Waals surface area contributed by atoms with Crippen LogP contribution < -0.4 is 0 Å². The molecule has 27 heavy (non-hydrogen) atoms. The van der Waals surface area contributed by atoms with Gasteiger partial charge in [0, 0.05) is 10.4 Å². The molecule has 0 unspecified atom stereocenters. The molecule has 0 fully saturated rings. The zero-order valence-corrected chi connectivity index (χ0v) is 15.3. The van der Waals surface area contributed by atoms with E-state index < -0.39 is 0 Å². The highest BCUT2D eigenvalue weighted by Gasteiger charge is 2.12. The van der Waals surface area contributed by atoms with Crippen molar-refractivity contribution in [1.82, 2.24) is 25.2 Å². The SMILES string of the molecule is Cc1ccc(-c2nnc(-c3ccc(Cn4nnc5ccccc54)cc3)o2)s1. The molecule has 0 atom stereocenters. The zero-order valence-electron chi connectivity index (χ0n) is 14.5. The quantitative estimate of drug-likeness (QED) is 0.462. The van der Waals surface area contributed by atoms with Crippen LogP contribution >= 0.6 is 11.3 Å². The molecule has 0 aliphatic heterocycles. The number of hydrogen-bond donors (Lipinski definition) is 0. The van der Waals surface area contributed by atoms with E-state index in [0.29, 0.717) is 18.3 Å². The number of thiophene rings is 1. The first kappa shape index (κ1) is 15.9. The first-order valence-corrected chi connectivity index (χ1v) is 9.36. The molecule has 0 N–H and O–H groups in total. The van der Waals surface area contributed by atoms with Crippen LogP contribution in [0.3, 0.4) is 0 Å². The largest absolute Gasteiger partial charge is 0.415 e. The fourth-order valence-corrected chi connectivity index (χ4v) is 3.74. The van der Waals surface area contributed by atoms with Crippen molar-refractivity contribution in [2.24, 2.45) is 0 Å². The van der Waals surface area contributed by atoms with E-state index in [0.717, 1.165) is 27.0 Å². The molecule has 0 saturated heterocycles. The molecule has 0 aliphatic carbocycles. The Labute approximate surface area is 159 Å². The van der Waals surface area contributed by atoms with E-state index in [1.165, 1.54) is 4.88 Å². The molecule has 0 saturated carbocycles. The van der Waals surface area contributed by atoms with Crippen molar-refractivity contribution < 1.29 is 4.42 Å². The Hall–Kier alpha value is -3.32. The highest BCUT2D eigenvalue weighted by Crippen LogP contribution is 2.29. The minimum Gasteiger partial charge on any atom is -0.415 e. The van der Waals surface area contributed by atoms with Gasteiger partial charge in [0.1, 0.15) is 5.52 Å². The third-order valence-corrected chi connectivity index (χ3v) is 5.32. The standard InChI is InChI=1S/C20H15N5OS/c1-13-6-11-18(27-13)20-23-22-19(26-20)15-9-7-14(8-10-15)12-25-17-5-3-2-4-16(17)21-24-25/h2-11H,12H2,1H3. The molecule has 7 heteroatoms. The van der Waals surface area contributed by atoms with Crippen LogP contribution in [-0.4, -0.2) is 25.2 Å². The zero-order chi connectivity index (χ0) is 18.2. The van der Waals surface area contributed by atoms with Gasteiger partial charge in [-0.15, -0.1) is 26.6 Å². The van der Waals surface area contributed by atoms with Crippen molar-refractivity contribution >= 4 is 22.4 Å². The summed E-state index contributed by atoms with van der Waals surface area (Å²) in [6, 6.07) is 20.1. The van der Waals surface area contributed by atoms with E-state index in [1.807, 2.05) is 65.3 Å². The van der Waals surface area contributed by atoms with Gasteiger partial charge in [-0.3, -0.25) is 0 Å². The number of aryl methyl sites for hydroxylation is 1. The van der Waals surface area contributed by atoms with E-state index in [1.54, 1.807) is 11.3 Å². The van der Waals surface area contributed by atoms with Gasteiger partial charge in [-0.2, -0.15) is 0 Å². The molecule has 0 aliphatic rings. The van der Waals surface area contributed by atoms with E-state index in [9.17, 15) is 0 Å². The lowest BCUT2D eigenvalue weighted by Gasteiger charge is -2.03. The lowest BCUT2D eigenvalue weighted by Crippen LogP contribution is -2.01. The highest BCUT2D eigenvalue weighted by atomic mass is 32.1. The summed E-state index contributed by atoms with van der Waals surface area (Å²) in [5.74, 6) is 1.08. The number of benzene rings is 2. The molecule has 132 valence electrons. The highest BCUT2D eigenvalue weighted by molar-refractivity contribution is 7.15. The van der Waals surface area contributed by atoms with E-state index in [4.69, 9.17) is 4.42 Å². The van der Waals surface area contributed by atoms with Crippen molar-refractivity contribution in [3.63, 3.8) is 0 Å². The number of para-hydroxylation sites is 1. The molecular weight excluding hydrogens is 358 g/mol. The van der Waals surface area contributed by atoms with E-state index >= 15 is 0 Å². The molecule has 0 spiro atoms. The number of hydrogen-bond acceptors (Lipinski definition) is 6. The maximum Gasteiger partial charge on any atom is 0.258 e. The third kappa shape index (κ3) is 3.02. The second kappa shape index (κ2) is 6.44. The Morgan fingerprint density at radius 3 is 2.52 bits per heavy atom. The Kier molecular flexibility index (Phi) is 3.79. The van der Waals surface area contributed by atoms with Crippen LogP contribution in [-0.2, 0) is 6.54 Å². The van der Waals surface area contributed by atoms with Crippen LogP contribution in [0.2, 0.25) is 0 Å². The van der Waals surface area contributed by atoms with Crippen LogP contribution in [0.15, 0.2) is 65.1 Å². The molecule has 0 radical (unpaired) electrons. The third-order valence-electron chi connectivity index (χ3n) is 4.33. The van der Waals surface area contributed by atoms with Crippen LogP contribution in [0.4, 0.5) is 0 Å². The lowest BCUT2D eigenvalue weighted by molar-refractivity contribution is 0.586. The van der Waals surface area contributed by atoms with Gasteiger partial charge in [0.25, 0.3) is 5.89 Å². The van der Waals surface area contributed by atoms with Crippen LogP contribution in [0.1, 0.15) is 10.4 Å². The predicted molar refractivity (Wildman–Crippen MR) is 104 cm³/mol. The molecule has 0 bridgehead atoms. The Morgan fingerprint density at radius 1 is 0.889 bits per heavy atom. The van der Waals surface area contributed by atoms with Gasteiger partial charge in [0.15, 0.2) is 0 Å². The summed E-state index contributed by atoms with van der Waals surface area (Å²) in [5.41, 5.74) is 3.95. The number of aromatic nitrogens is 5. The summed E-state index contributed by atoms with van der Waals surface area (Å²) in [7, 11) is 0. The minimum atomic E-state index is 0.522. The van der Waals surface area contributed by atoms with Crippen molar-refractivity contribution in [3.05, 3.63) is 71.1 Å². The molecule has 0 amide bonds. The van der Waals surface area contributed by atoms with Crippen LogP contribution in [0.25, 0.3) is 33.3 Å². The van der Waals surface area contributed by atoms with Gasteiger partial charge < -0.3 is 4.42 Å². The first-order chi connectivity index (χ1) is 13.3. The summed E-state index contributed by atoms with van der Waals surface area (Å²) >= 11 is 1.64. The lowest BCUT2D eigenvalue weighted by atomic mass is 10.1. The van der Waals surface area contributed by atoms with Gasteiger partial charge in [-0.1, -0.05) is 29.5 Å². The molecule has 3 heterocycles. The Morgan fingerprint density at radius 2 is 1.70 bits per heavy atom. The normalized spacial score (nSPS) is 11.3. The van der Waals surface area contributed by atoms with Gasteiger partial charge in [-0.05, 0) is 48.9 Å². The van der Waals surface area contributed by atoms with Crippen LogP contribution in [0.5, 0.6) is 0 Å². The van der Waals surface area contributed by atoms with E-state index in [2.05, 4.69) is 27.4 Å². The number of nitrogens with zero attached hydrogens (tertiary/aromatic N) is 5. The molecule has 5 rings (SSSR count). The number of rotatable bonds is 4. The minimum absolute atomic E-state index is 0.522. The molecular formula is C20H15N5OS. The average Bonchev–Trinajstić information content (AvgIpc) is 3.43. The maximum atomic E-state index is 5.83. The molecule has 2 aromatic carbocycles. The van der Waals surface area contributed by atoms with Crippen molar-refractivity contribution in [3.8, 4) is 22.2 Å². The van der Waals surface area contributed by atoms with Crippen LogP contribution in [0, 0.1) is 6.92 Å². The number of fused-ring (bicyclic) bond motifs is 1. The second-order valence-electron chi connectivity index (χ2n) is 6.26. The van der Waals surface area contributed by atoms with Gasteiger partial charge in [-0.25, -0.2) is 4.68 Å². The first-order valence-electron chi connectivity index (χ1n) is 8.54. The Balaban J connectivity index is 1.38. The topological polar surface area (TPSA) is 69.6 Å². The smallest absolute Gasteiger partial charge is 0.258 e. The average molecular weight is 373 g/mol. The summed E-state index contributed by atoms with van der Waals surface area (Å²) in [4.78, 5) is 2.20. The fourth-order valence-electron chi connectivity index (χ4n) is 2.95. The molecule has 6 nitrogen and oxygen atoms in total.